The molecule has 3 rings (SSSR count). The molecule has 1 aromatic heterocycles. The Hall–Kier alpha value is -3.19. The number of benzene rings is 2. The maximum Gasteiger partial charge on any atom is 0.314 e. The molecule has 3 aromatic rings. The van der Waals surface area contributed by atoms with Crippen molar-refractivity contribution in [3.05, 3.63) is 60.4 Å². The van der Waals surface area contributed by atoms with Crippen molar-refractivity contribution in [1.82, 2.24) is 10.5 Å². The number of fused-ring (bicyclic) bond motifs is 1. The van der Waals surface area contributed by atoms with Crippen LogP contribution in [-0.4, -0.2) is 28.6 Å². The van der Waals surface area contributed by atoms with Crippen LogP contribution >= 0.6 is 0 Å². The second-order valence-electron chi connectivity index (χ2n) is 5.47. The number of aromatic nitrogens is 1. The van der Waals surface area contributed by atoms with E-state index >= 15 is 0 Å². The van der Waals surface area contributed by atoms with Gasteiger partial charge in [0.25, 0.3) is 0 Å². The van der Waals surface area contributed by atoms with Gasteiger partial charge in [-0.15, -0.1) is 0 Å². The van der Waals surface area contributed by atoms with Crippen LogP contribution < -0.4 is 10.6 Å². The standard InChI is InChI=1S/C18H17N3O4/c22-15(14-7-3-5-12-4-1-2-6-13(12)14)8-10-19-17(23)18(24)20-16-9-11-25-21-16/h1-7,9,11,15,22H,8,10H2,(H,19,23)(H,20,21,24). The van der Waals surface area contributed by atoms with Gasteiger partial charge in [0.1, 0.15) is 6.26 Å². The second kappa shape index (κ2) is 7.59. The van der Waals surface area contributed by atoms with Gasteiger partial charge < -0.3 is 14.9 Å². The molecule has 0 radical (unpaired) electrons. The molecule has 1 unspecified atom stereocenters. The summed E-state index contributed by atoms with van der Waals surface area (Å²) in [7, 11) is 0. The molecule has 1 heterocycles. The number of hydrogen-bond donors (Lipinski definition) is 3. The van der Waals surface area contributed by atoms with E-state index in [1.807, 2.05) is 42.5 Å². The lowest BCUT2D eigenvalue weighted by atomic mass is 9.99. The van der Waals surface area contributed by atoms with Gasteiger partial charge in [-0.2, -0.15) is 0 Å². The largest absolute Gasteiger partial charge is 0.388 e. The summed E-state index contributed by atoms with van der Waals surface area (Å²) >= 11 is 0. The van der Waals surface area contributed by atoms with Crippen molar-refractivity contribution in [2.24, 2.45) is 0 Å². The average Bonchev–Trinajstić information content (AvgIpc) is 3.14. The zero-order chi connectivity index (χ0) is 17.6. The minimum atomic E-state index is -0.839. The number of carbonyl (C=O) groups excluding carboxylic acids is 2. The third kappa shape index (κ3) is 4.02. The van der Waals surface area contributed by atoms with E-state index in [9.17, 15) is 14.7 Å². The van der Waals surface area contributed by atoms with Crippen LogP contribution in [-0.2, 0) is 9.59 Å². The van der Waals surface area contributed by atoms with Gasteiger partial charge in [-0.3, -0.25) is 14.9 Å². The second-order valence-corrected chi connectivity index (χ2v) is 5.47. The maximum atomic E-state index is 11.7. The Morgan fingerprint density at radius 2 is 1.88 bits per heavy atom. The van der Waals surface area contributed by atoms with Crippen LogP contribution in [0.1, 0.15) is 18.1 Å². The molecule has 0 aliphatic heterocycles. The van der Waals surface area contributed by atoms with Gasteiger partial charge in [0, 0.05) is 12.6 Å². The number of hydrogen-bond acceptors (Lipinski definition) is 5. The van der Waals surface area contributed by atoms with Crippen LogP contribution in [0.2, 0.25) is 0 Å². The van der Waals surface area contributed by atoms with Crippen LogP contribution in [0.5, 0.6) is 0 Å². The van der Waals surface area contributed by atoms with Crippen molar-refractivity contribution >= 4 is 28.4 Å². The van der Waals surface area contributed by atoms with E-state index in [0.29, 0.717) is 0 Å². The van der Waals surface area contributed by atoms with Crippen LogP contribution in [0.25, 0.3) is 10.8 Å². The molecule has 3 N–H and O–H groups in total. The van der Waals surface area contributed by atoms with E-state index < -0.39 is 17.9 Å². The van der Waals surface area contributed by atoms with Gasteiger partial charge in [-0.25, -0.2) is 0 Å². The van der Waals surface area contributed by atoms with Crippen molar-refractivity contribution in [3.8, 4) is 0 Å². The monoisotopic (exact) mass is 339 g/mol. The quantitative estimate of drug-likeness (QED) is 0.617. The van der Waals surface area contributed by atoms with E-state index in [-0.39, 0.29) is 18.8 Å². The fourth-order valence-corrected chi connectivity index (χ4v) is 2.55. The Labute approximate surface area is 143 Å². The zero-order valence-electron chi connectivity index (χ0n) is 13.3. The first-order chi connectivity index (χ1) is 12.1. The van der Waals surface area contributed by atoms with Crippen LogP contribution in [0.4, 0.5) is 5.82 Å². The molecule has 25 heavy (non-hydrogen) atoms. The predicted molar refractivity (Wildman–Crippen MR) is 91.7 cm³/mol. The molecule has 2 aromatic carbocycles. The number of carbonyl (C=O) groups is 2. The predicted octanol–water partition coefficient (Wildman–Crippen LogP) is 2.01. The van der Waals surface area contributed by atoms with Crippen molar-refractivity contribution in [2.45, 2.75) is 12.5 Å². The Morgan fingerprint density at radius 1 is 1.08 bits per heavy atom. The molecule has 0 fully saturated rings. The maximum absolute atomic E-state index is 11.7. The summed E-state index contributed by atoms with van der Waals surface area (Å²) in [6, 6.07) is 14.9. The highest BCUT2D eigenvalue weighted by atomic mass is 16.5. The number of nitrogens with one attached hydrogen (secondary N) is 2. The topological polar surface area (TPSA) is 104 Å². The first-order valence-electron chi connectivity index (χ1n) is 7.80. The Kier molecular flexibility index (Phi) is 5.06. The number of nitrogens with zero attached hydrogens (tertiary/aromatic N) is 1. The van der Waals surface area contributed by atoms with Gasteiger partial charge >= 0.3 is 11.8 Å². The lowest BCUT2D eigenvalue weighted by Crippen LogP contribution is -2.36. The van der Waals surface area contributed by atoms with Gasteiger partial charge in [0.15, 0.2) is 5.82 Å². The molecule has 0 aliphatic carbocycles. The summed E-state index contributed by atoms with van der Waals surface area (Å²) in [6.07, 6.45) is 0.829. The zero-order valence-corrected chi connectivity index (χ0v) is 13.3. The number of aliphatic hydroxyl groups excluding tert-OH is 1. The van der Waals surface area contributed by atoms with Crippen molar-refractivity contribution in [3.63, 3.8) is 0 Å². The molecule has 2 amide bonds. The highest BCUT2D eigenvalue weighted by molar-refractivity contribution is 6.39. The molecular weight excluding hydrogens is 322 g/mol. The summed E-state index contributed by atoms with van der Waals surface area (Å²) in [5.41, 5.74) is 0.791. The average molecular weight is 339 g/mol. The lowest BCUT2D eigenvalue weighted by Gasteiger charge is -2.14. The highest BCUT2D eigenvalue weighted by Crippen LogP contribution is 2.25. The van der Waals surface area contributed by atoms with Crippen LogP contribution in [0.15, 0.2) is 59.3 Å². The molecule has 0 aliphatic rings. The fourth-order valence-electron chi connectivity index (χ4n) is 2.55. The smallest absolute Gasteiger partial charge is 0.314 e. The number of anilines is 1. The Bertz CT molecular complexity index is 872. The summed E-state index contributed by atoms with van der Waals surface area (Å²) in [6.45, 7) is 0.162. The molecule has 0 bridgehead atoms. The molecule has 7 heteroatoms. The first-order valence-corrected chi connectivity index (χ1v) is 7.80. The van der Waals surface area contributed by atoms with Gasteiger partial charge in [0.05, 0.1) is 6.10 Å². The number of amides is 2. The third-order valence-electron chi connectivity index (χ3n) is 3.77. The van der Waals surface area contributed by atoms with Gasteiger partial charge in [-0.05, 0) is 22.8 Å². The van der Waals surface area contributed by atoms with Crippen LogP contribution in [0, 0.1) is 0 Å². The number of rotatable bonds is 5. The molecule has 1 atom stereocenters. The first kappa shape index (κ1) is 16.7. The molecule has 0 spiro atoms. The van der Waals surface area contributed by atoms with Gasteiger partial charge in [0.2, 0.25) is 0 Å². The van der Waals surface area contributed by atoms with E-state index in [1.54, 1.807) is 0 Å². The van der Waals surface area contributed by atoms with Crippen molar-refractivity contribution in [2.75, 3.05) is 11.9 Å². The molecule has 0 saturated heterocycles. The van der Waals surface area contributed by atoms with E-state index in [0.717, 1.165) is 16.3 Å². The summed E-state index contributed by atoms with van der Waals surface area (Å²) < 4.78 is 4.56. The third-order valence-corrected chi connectivity index (χ3v) is 3.77. The highest BCUT2D eigenvalue weighted by Gasteiger charge is 2.16. The van der Waals surface area contributed by atoms with Crippen molar-refractivity contribution in [1.29, 1.82) is 0 Å². The lowest BCUT2D eigenvalue weighted by molar-refractivity contribution is -0.136. The summed E-state index contributed by atoms with van der Waals surface area (Å²) in [5.74, 6) is -1.47. The van der Waals surface area contributed by atoms with Crippen molar-refractivity contribution < 1.29 is 19.2 Å². The SMILES string of the molecule is O=C(NCCC(O)c1cccc2ccccc12)C(=O)Nc1ccon1. The number of aliphatic hydroxyl groups is 1. The fraction of sp³-hybridized carbons (Fsp3) is 0.167. The van der Waals surface area contributed by atoms with E-state index in [4.69, 9.17) is 0 Å². The minimum absolute atomic E-state index is 0.162. The van der Waals surface area contributed by atoms with E-state index in [1.165, 1.54) is 12.3 Å². The molecule has 128 valence electrons. The van der Waals surface area contributed by atoms with Crippen LogP contribution in [0.3, 0.4) is 0 Å². The van der Waals surface area contributed by atoms with E-state index in [2.05, 4.69) is 20.3 Å². The molecular formula is C18H17N3O4. The summed E-state index contributed by atoms with van der Waals surface area (Å²) in [5, 5.41) is 20.7. The normalized spacial score (nSPS) is 11.9. The molecule has 0 saturated carbocycles. The summed E-state index contributed by atoms with van der Waals surface area (Å²) in [4.78, 5) is 23.4. The molecule has 7 nitrogen and oxygen atoms in total. The van der Waals surface area contributed by atoms with Gasteiger partial charge in [-0.1, -0.05) is 47.6 Å². The minimum Gasteiger partial charge on any atom is -0.388 e. The Balaban J connectivity index is 1.54. The Morgan fingerprint density at radius 3 is 2.68 bits per heavy atom.